The lowest BCUT2D eigenvalue weighted by atomic mass is 9.77. The maximum absolute atomic E-state index is 13.4. The summed E-state index contributed by atoms with van der Waals surface area (Å²) in [6, 6.07) is 9.92. The number of nitrogens with one attached hydrogen (secondary N) is 2. The molecule has 1 aliphatic rings. The van der Waals surface area contributed by atoms with Crippen molar-refractivity contribution in [3.8, 4) is 5.75 Å². The van der Waals surface area contributed by atoms with Gasteiger partial charge in [0.15, 0.2) is 0 Å². The van der Waals surface area contributed by atoms with Crippen LogP contribution in [-0.2, 0) is 28.5 Å². The van der Waals surface area contributed by atoms with Gasteiger partial charge in [-0.3, -0.25) is 9.59 Å². The summed E-state index contributed by atoms with van der Waals surface area (Å²) in [7, 11) is 0. The molecule has 3 aromatic rings. The number of fused-ring (bicyclic) bond motifs is 1. The number of anilines is 1. The van der Waals surface area contributed by atoms with Crippen molar-refractivity contribution in [3.05, 3.63) is 80.2 Å². The molecule has 0 saturated heterocycles. The van der Waals surface area contributed by atoms with Crippen LogP contribution in [0, 0.1) is 5.41 Å². The van der Waals surface area contributed by atoms with E-state index in [9.17, 15) is 22.8 Å². The molecule has 0 bridgehead atoms. The fourth-order valence-corrected chi connectivity index (χ4v) is 6.53. The Morgan fingerprint density at radius 2 is 1.80 bits per heavy atom. The van der Waals surface area contributed by atoms with Gasteiger partial charge in [0.05, 0.1) is 55.4 Å². The van der Waals surface area contributed by atoms with Gasteiger partial charge in [0, 0.05) is 10.4 Å². The molecule has 1 aliphatic carbocycles. The molecule has 0 radical (unpaired) electrons. The third kappa shape index (κ3) is 9.76. The molecule has 2 amide bonds. The summed E-state index contributed by atoms with van der Waals surface area (Å²) in [5.74, 6) is -0.574. The van der Waals surface area contributed by atoms with Gasteiger partial charge in [-0.15, -0.1) is 11.3 Å². The van der Waals surface area contributed by atoms with Crippen molar-refractivity contribution in [1.82, 2.24) is 5.43 Å². The number of halogens is 4. The minimum absolute atomic E-state index is 0.0115. The number of hydrogen-bond donors (Lipinski definition) is 3. The minimum Gasteiger partial charge on any atom is -0.491 e. The molecule has 0 unspecified atom stereocenters. The molecule has 4 rings (SSSR count). The van der Waals surface area contributed by atoms with Gasteiger partial charge in [-0.05, 0) is 66.1 Å². The highest BCUT2D eigenvalue weighted by molar-refractivity contribution is 7.17. The number of aliphatic hydroxyl groups is 1. The molecule has 1 heterocycles. The zero-order valence-electron chi connectivity index (χ0n) is 25.3. The van der Waals surface area contributed by atoms with Crippen LogP contribution in [0.15, 0.2) is 47.6 Å². The van der Waals surface area contributed by atoms with Crippen LogP contribution in [0.2, 0.25) is 5.02 Å². The predicted octanol–water partition coefficient (Wildman–Crippen LogP) is 6.36. The number of rotatable bonds is 14. The Labute approximate surface area is 273 Å². The normalized spacial score (nSPS) is 14.2. The highest BCUT2D eigenvalue weighted by Gasteiger charge is 2.34. The Bertz CT molecular complexity index is 1560. The van der Waals surface area contributed by atoms with Crippen molar-refractivity contribution in [2.75, 3.05) is 45.0 Å². The number of ether oxygens (including phenoxy) is 3. The molecule has 248 valence electrons. The maximum atomic E-state index is 13.4. The standard InChI is InChI=1S/C32H35ClF3N3O6S/c1-31(2)9-8-23-26(18-31)46-30(27(23)29(42)39-37-19-20-6-7-25(33)24(16-20)32(34,35)36)38-28(41)21-4-3-5-22(17-21)45-15-14-44-13-12-43-11-10-40/h3-7,16-17,19,40H,8-15,18H2,1-2H3,(H,38,41)(H,39,42)/b37-19+. The monoisotopic (exact) mass is 681 g/mol. The van der Waals surface area contributed by atoms with Gasteiger partial charge in [0.25, 0.3) is 11.8 Å². The molecular formula is C32H35ClF3N3O6S. The average molecular weight is 682 g/mol. The molecule has 46 heavy (non-hydrogen) atoms. The van der Waals surface area contributed by atoms with Gasteiger partial charge in [0.1, 0.15) is 17.4 Å². The smallest absolute Gasteiger partial charge is 0.417 e. The second kappa shape index (κ2) is 15.9. The number of amides is 2. The van der Waals surface area contributed by atoms with Crippen LogP contribution < -0.4 is 15.5 Å². The third-order valence-corrected chi connectivity index (χ3v) is 8.59. The Morgan fingerprint density at radius 3 is 2.54 bits per heavy atom. The maximum Gasteiger partial charge on any atom is 0.417 e. The topological polar surface area (TPSA) is 118 Å². The van der Waals surface area contributed by atoms with E-state index >= 15 is 0 Å². The molecule has 2 aromatic carbocycles. The van der Waals surface area contributed by atoms with Crippen molar-refractivity contribution in [2.24, 2.45) is 10.5 Å². The Hall–Kier alpha value is -3.49. The Balaban J connectivity index is 1.46. The molecular weight excluding hydrogens is 647 g/mol. The van der Waals surface area contributed by atoms with E-state index in [1.807, 2.05) is 0 Å². The first-order chi connectivity index (χ1) is 21.9. The fraction of sp³-hybridized carbons (Fsp3) is 0.406. The lowest BCUT2D eigenvalue weighted by Gasteiger charge is -2.29. The number of nitrogens with zero attached hydrogens (tertiary/aromatic N) is 1. The van der Waals surface area contributed by atoms with E-state index < -0.39 is 28.6 Å². The van der Waals surface area contributed by atoms with Crippen LogP contribution in [0.1, 0.15) is 62.6 Å². The third-order valence-electron chi connectivity index (χ3n) is 7.11. The highest BCUT2D eigenvalue weighted by Crippen LogP contribution is 2.44. The van der Waals surface area contributed by atoms with Crippen LogP contribution in [0.3, 0.4) is 0 Å². The SMILES string of the molecule is CC1(C)CCc2c(sc(NC(=O)c3cccc(OCCOCCOCCO)c3)c2C(=O)N/N=C/c2ccc(Cl)c(C(F)(F)F)c2)C1. The lowest BCUT2D eigenvalue weighted by molar-refractivity contribution is -0.137. The first-order valence-electron chi connectivity index (χ1n) is 14.5. The second-order valence-electron chi connectivity index (χ2n) is 11.3. The van der Waals surface area contributed by atoms with E-state index in [1.165, 1.54) is 17.4 Å². The number of carbonyl (C=O) groups is 2. The van der Waals surface area contributed by atoms with Crippen molar-refractivity contribution in [1.29, 1.82) is 0 Å². The quantitative estimate of drug-likeness (QED) is 0.104. The van der Waals surface area contributed by atoms with Gasteiger partial charge in [-0.2, -0.15) is 18.3 Å². The van der Waals surface area contributed by atoms with Crippen LogP contribution in [-0.4, -0.2) is 62.8 Å². The average Bonchev–Trinajstić information content (AvgIpc) is 3.34. The molecule has 3 N–H and O–H groups in total. The van der Waals surface area contributed by atoms with Gasteiger partial charge in [0.2, 0.25) is 0 Å². The van der Waals surface area contributed by atoms with Crippen molar-refractivity contribution in [3.63, 3.8) is 0 Å². The van der Waals surface area contributed by atoms with E-state index in [1.54, 1.807) is 24.3 Å². The summed E-state index contributed by atoms with van der Waals surface area (Å²) in [5.41, 5.74) is 2.92. The summed E-state index contributed by atoms with van der Waals surface area (Å²) in [4.78, 5) is 27.7. The van der Waals surface area contributed by atoms with Crippen molar-refractivity contribution < 1.29 is 42.1 Å². The van der Waals surface area contributed by atoms with Crippen LogP contribution in [0.4, 0.5) is 18.2 Å². The Morgan fingerprint density at radius 1 is 1.07 bits per heavy atom. The van der Waals surface area contributed by atoms with Gasteiger partial charge < -0.3 is 24.6 Å². The number of hydrazone groups is 1. The number of alkyl halides is 3. The van der Waals surface area contributed by atoms with Crippen LogP contribution in [0.25, 0.3) is 0 Å². The summed E-state index contributed by atoms with van der Waals surface area (Å²) < 4.78 is 56.0. The van der Waals surface area contributed by atoms with E-state index in [0.29, 0.717) is 42.6 Å². The van der Waals surface area contributed by atoms with Crippen LogP contribution in [0.5, 0.6) is 5.75 Å². The van der Waals surface area contributed by atoms with Gasteiger partial charge in [-0.25, -0.2) is 5.43 Å². The minimum atomic E-state index is -4.64. The summed E-state index contributed by atoms with van der Waals surface area (Å²) >= 11 is 7.02. The summed E-state index contributed by atoms with van der Waals surface area (Å²) in [6.45, 7) is 5.75. The number of aliphatic hydroxyl groups excluding tert-OH is 1. The molecule has 0 atom stereocenters. The molecule has 0 spiro atoms. The zero-order valence-corrected chi connectivity index (χ0v) is 26.9. The van der Waals surface area contributed by atoms with Gasteiger partial charge >= 0.3 is 6.18 Å². The van der Waals surface area contributed by atoms with Crippen molar-refractivity contribution >= 4 is 46.0 Å². The van der Waals surface area contributed by atoms with Crippen LogP contribution >= 0.6 is 22.9 Å². The Kier molecular flexibility index (Phi) is 12.2. The molecule has 0 aliphatic heterocycles. The fourth-order valence-electron chi connectivity index (χ4n) is 4.80. The highest BCUT2D eigenvalue weighted by atomic mass is 35.5. The molecule has 9 nitrogen and oxygen atoms in total. The van der Waals surface area contributed by atoms with E-state index in [2.05, 4.69) is 29.7 Å². The van der Waals surface area contributed by atoms with E-state index in [4.69, 9.17) is 30.9 Å². The lowest BCUT2D eigenvalue weighted by Crippen LogP contribution is -2.25. The van der Waals surface area contributed by atoms with E-state index in [0.717, 1.165) is 41.6 Å². The number of carbonyl (C=O) groups excluding carboxylic acids is 2. The summed E-state index contributed by atoms with van der Waals surface area (Å²) in [6.07, 6.45) is -1.37. The molecule has 0 saturated carbocycles. The van der Waals surface area contributed by atoms with Gasteiger partial charge in [-0.1, -0.05) is 37.6 Å². The second-order valence-corrected chi connectivity index (χ2v) is 12.8. The predicted molar refractivity (Wildman–Crippen MR) is 170 cm³/mol. The molecule has 0 fully saturated rings. The zero-order chi connectivity index (χ0) is 33.3. The first-order valence-corrected chi connectivity index (χ1v) is 15.7. The summed E-state index contributed by atoms with van der Waals surface area (Å²) in [5, 5.41) is 15.4. The largest absolute Gasteiger partial charge is 0.491 e. The molecule has 14 heteroatoms. The molecule has 1 aromatic heterocycles. The first kappa shape index (κ1) is 35.4. The number of benzene rings is 2. The number of hydrogen-bond acceptors (Lipinski definition) is 8. The van der Waals surface area contributed by atoms with Crippen molar-refractivity contribution in [2.45, 2.75) is 39.3 Å². The number of thiophene rings is 1. The van der Waals surface area contributed by atoms with E-state index in [-0.39, 0.29) is 36.4 Å².